The van der Waals surface area contributed by atoms with Crippen molar-refractivity contribution in [2.75, 3.05) is 33.4 Å². The number of carbonyl (C=O) groups is 1. The number of thiazole rings is 1. The summed E-state index contributed by atoms with van der Waals surface area (Å²) in [4.78, 5) is 18.2. The molecular formula is C14H18N2O4S. The van der Waals surface area contributed by atoms with Gasteiger partial charge >= 0.3 is 0 Å². The zero-order chi connectivity index (χ0) is 15.2. The Bertz CT molecular complexity index is 593. The standard InChI is InChI=1S/C14H18N2O4S/c1-10-3-4-12(20-10)13-15-11(9-21-13)14(18)16(5-7-17)6-8-19-2/h3-4,9,17H,5-8H2,1-2H3. The number of carbonyl (C=O) groups excluding carboxylic acids is 1. The largest absolute Gasteiger partial charge is 0.459 e. The minimum absolute atomic E-state index is 0.0934. The molecule has 0 saturated carbocycles. The number of hydrogen-bond donors (Lipinski definition) is 1. The van der Waals surface area contributed by atoms with Gasteiger partial charge in [-0.3, -0.25) is 4.79 Å². The first-order valence-electron chi connectivity index (χ1n) is 6.57. The zero-order valence-electron chi connectivity index (χ0n) is 12.0. The summed E-state index contributed by atoms with van der Waals surface area (Å²) in [6, 6.07) is 3.69. The first-order valence-corrected chi connectivity index (χ1v) is 7.45. The molecule has 0 aliphatic carbocycles. The maximum absolute atomic E-state index is 12.4. The highest BCUT2D eigenvalue weighted by atomic mass is 32.1. The third kappa shape index (κ3) is 3.90. The van der Waals surface area contributed by atoms with E-state index < -0.39 is 0 Å². The quantitative estimate of drug-likeness (QED) is 0.844. The van der Waals surface area contributed by atoms with Crippen molar-refractivity contribution in [3.05, 3.63) is 29.0 Å². The Morgan fingerprint density at radius 1 is 1.48 bits per heavy atom. The van der Waals surface area contributed by atoms with E-state index in [1.165, 1.54) is 16.2 Å². The Morgan fingerprint density at radius 3 is 2.90 bits per heavy atom. The summed E-state index contributed by atoms with van der Waals surface area (Å²) in [5.41, 5.74) is 0.355. The lowest BCUT2D eigenvalue weighted by Crippen LogP contribution is -2.36. The van der Waals surface area contributed by atoms with Crippen LogP contribution in [0, 0.1) is 6.92 Å². The van der Waals surface area contributed by atoms with Crippen LogP contribution in [0.1, 0.15) is 16.2 Å². The minimum atomic E-state index is -0.216. The van der Waals surface area contributed by atoms with E-state index >= 15 is 0 Å². The van der Waals surface area contributed by atoms with Gasteiger partial charge in [0.15, 0.2) is 10.8 Å². The van der Waals surface area contributed by atoms with Crippen molar-refractivity contribution < 1.29 is 19.1 Å². The molecule has 2 rings (SSSR count). The van der Waals surface area contributed by atoms with E-state index in [2.05, 4.69) is 4.98 Å². The number of furan rings is 1. The summed E-state index contributed by atoms with van der Waals surface area (Å²) < 4.78 is 10.5. The van der Waals surface area contributed by atoms with E-state index in [0.717, 1.165) is 5.76 Å². The van der Waals surface area contributed by atoms with Crippen molar-refractivity contribution in [3.63, 3.8) is 0 Å². The number of methoxy groups -OCH3 is 1. The monoisotopic (exact) mass is 310 g/mol. The molecule has 0 unspecified atom stereocenters. The molecule has 0 atom stereocenters. The summed E-state index contributed by atoms with van der Waals surface area (Å²) in [7, 11) is 1.57. The molecule has 6 nitrogen and oxygen atoms in total. The molecule has 1 amide bonds. The molecule has 0 bridgehead atoms. The highest BCUT2D eigenvalue weighted by molar-refractivity contribution is 7.13. The summed E-state index contributed by atoms with van der Waals surface area (Å²) in [6.07, 6.45) is 0. The predicted octanol–water partition coefficient (Wildman–Crippen LogP) is 1.79. The molecule has 1 N–H and O–H groups in total. The van der Waals surface area contributed by atoms with Crippen molar-refractivity contribution in [3.8, 4) is 10.8 Å². The van der Waals surface area contributed by atoms with Gasteiger partial charge in [-0.25, -0.2) is 4.98 Å². The van der Waals surface area contributed by atoms with Crippen LogP contribution in [0.25, 0.3) is 10.8 Å². The first kappa shape index (κ1) is 15.7. The Morgan fingerprint density at radius 2 is 2.29 bits per heavy atom. The van der Waals surface area contributed by atoms with Crippen LogP contribution < -0.4 is 0 Å². The van der Waals surface area contributed by atoms with Crippen LogP contribution in [-0.2, 0) is 4.74 Å². The van der Waals surface area contributed by atoms with Crippen molar-refractivity contribution in [2.45, 2.75) is 6.92 Å². The number of aryl methyl sites for hydroxylation is 1. The topological polar surface area (TPSA) is 75.8 Å². The van der Waals surface area contributed by atoms with Crippen LogP contribution in [0.5, 0.6) is 0 Å². The van der Waals surface area contributed by atoms with Gasteiger partial charge in [-0.2, -0.15) is 0 Å². The van der Waals surface area contributed by atoms with Gasteiger partial charge in [0.2, 0.25) is 0 Å². The van der Waals surface area contributed by atoms with Crippen molar-refractivity contribution in [2.24, 2.45) is 0 Å². The fraction of sp³-hybridized carbons (Fsp3) is 0.429. The highest BCUT2D eigenvalue weighted by Gasteiger charge is 2.19. The van der Waals surface area contributed by atoms with Gasteiger partial charge < -0.3 is 19.2 Å². The van der Waals surface area contributed by atoms with Crippen LogP contribution in [0.2, 0.25) is 0 Å². The minimum Gasteiger partial charge on any atom is -0.459 e. The van der Waals surface area contributed by atoms with Crippen LogP contribution in [-0.4, -0.2) is 54.3 Å². The fourth-order valence-electron chi connectivity index (χ4n) is 1.83. The Balaban J connectivity index is 2.13. The van der Waals surface area contributed by atoms with Gasteiger partial charge in [0, 0.05) is 25.6 Å². The molecule has 21 heavy (non-hydrogen) atoms. The molecule has 0 spiro atoms. The molecule has 0 aromatic carbocycles. The third-order valence-corrected chi connectivity index (χ3v) is 3.75. The van der Waals surface area contributed by atoms with Gasteiger partial charge in [0.1, 0.15) is 11.5 Å². The maximum atomic E-state index is 12.4. The maximum Gasteiger partial charge on any atom is 0.273 e. The SMILES string of the molecule is COCCN(CCO)C(=O)c1csc(-c2ccc(C)o2)n1. The van der Waals surface area contributed by atoms with Crippen LogP contribution in [0.3, 0.4) is 0 Å². The second kappa shape index (κ2) is 7.35. The Labute approximate surface area is 127 Å². The van der Waals surface area contributed by atoms with Gasteiger partial charge in [-0.05, 0) is 19.1 Å². The summed E-state index contributed by atoms with van der Waals surface area (Å²) in [6.45, 7) is 2.86. The molecule has 0 aliphatic heterocycles. The lowest BCUT2D eigenvalue weighted by Gasteiger charge is -2.20. The lowest BCUT2D eigenvalue weighted by molar-refractivity contribution is 0.0651. The molecule has 2 aromatic heterocycles. The number of aliphatic hydroxyl groups excluding tert-OH is 1. The van der Waals surface area contributed by atoms with E-state index in [0.29, 0.717) is 29.6 Å². The number of aromatic nitrogens is 1. The predicted molar refractivity (Wildman–Crippen MR) is 79.4 cm³/mol. The number of nitrogens with zero attached hydrogens (tertiary/aromatic N) is 2. The van der Waals surface area contributed by atoms with Crippen LogP contribution >= 0.6 is 11.3 Å². The van der Waals surface area contributed by atoms with Crippen molar-refractivity contribution in [1.82, 2.24) is 9.88 Å². The van der Waals surface area contributed by atoms with Crippen molar-refractivity contribution >= 4 is 17.2 Å². The Hall–Kier alpha value is -1.70. The summed E-state index contributed by atoms with van der Waals surface area (Å²) in [5, 5.41) is 11.4. The van der Waals surface area contributed by atoms with Crippen LogP contribution in [0.4, 0.5) is 0 Å². The fourth-order valence-corrected chi connectivity index (χ4v) is 2.59. The molecular weight excluding hydrogens is 292 g/mol. The molecule has 114 valence electrons. The number of hydrogen-bond acceptors (Lipinski definition) is 6. The normalized spacial score (nSPS) is 10.8. The van der Waals surface area contributed by atoms with Crippen molar-refractivity contribution in [1.29, 1.82) is 0 Å². The molecule has 0 radical (unpaired) electrons. The molecule has 0 saturated heterocycles. The second-order valence-electron chi connectivity index (χ2n) is 4.46. The average molecular weight is 310 g/mol. The van der Waals surface area contributed by atoms with Gasteiger partial charge in [-0.15, -0.1) is 11.3 Å². The Kier molecular flexibility index (Phi) is 5.49. The van der Waals surface area contributed by atoms with Crippen LogP contribution in [0.15, 0.2) is 21.9 Å². The first-order chi connectivity index (χ1) is 10.2. The van der Waals surface area contributed by atoms with E-state index in [9.17, 15) is 4.79 Å². The van der Waals surface area contributed by atoms with E-state index in [1.54, 1.807) is 12.5 Å². The molecule has 0 fully saturated rings. The number of rotatable bonds is 7. The van der Waals surface area contributed by atoms with E-state index in [4.69, 9.17) is 14.3 Å². The molecule has 2 aromatic rings. The summed E-state index contributed by atoms with van der Waals surface area (Å²) in [5.74, 6) is 1.24. The molecule has 7 heteroatoms. The van der Waals surface area contributed by atoms with E-state index in [1.807, 2.05) is 19.1 Å². The molecule has 2 heterocycles. The lowest BCUT2D eigenvalue weighted by atomic mass is 10.3. The van der Waals surface area contributed by atoms with Gasteiger partial charge in [-0.1, -0.05) is 0 Å². The summed E-state index contributed by atoms with van der Waals surface area (Å²) >= 11 is 1.36. The number of aliphatic hydroxyl groups is 1. The second-order valence-corrected chi connectivity index (χ2v) is 5.31. The average Bonchev–Trinajstić information content (AvgIpc) is 3.11. The van der Waals surface area contributed by atoms with Gasteiger partial charge in [0.05, 0.1) is 13.2 Å². The number of ether oxygens (including phenoxy) is 1. The highest BCUT2D eigenvalue weighted by Crippen LogP contribution is 2.26. The van der Waals surface area contributed by atoms with Gasteiger partial charge in [0.25, 0.3) is 5.91 Å². The molecule has 0 aliphatic rings. The van der Waals surface area contributed by atoms with E-state index in [-0.39, 0.29) is 19.1 Å². The smallest absolute Gasteiger partial charge is 0.273 e. The zero-order valence-corrected chi connectivity index (χ0v) is 12.9. The number of amides is 1. The third-order valence-electron chi connectivity index (χ3n) is 2.90.